The number of phenols is 1. The van der Waals surface area contributed by atoms with Gasteiger partial charge in [-0.15, -0.1) is 0 Å². The van der Waals surface area contributed by atoms with Gasteiger partial charge in [0.25, 0.3) is 0 Å². The molecule has 3 rings (SSSR count). The monoisotopic (exact) mass is 364 g/mol. The molecule has 1 saturated heterocycles. The van der Waals surface area contributed by atoms with Crippen LogP contribution < -0.4 is 0 Å². The molecule has 2 aromatic rings. The molecule has 1 aromatic carbocycles. The van der Waals surface area contributed by atoms with Gasteiger partial charge < -0.3 is 9.63 Å². The van der Waals surface area contributed by atoms with Gasteiger partial charge in [0.05, 0.1) is 6.04 Å². The third-order valence-corrected chi connectivity index (χ3v) is 4.69. The highest BCUT2D eigenvalue weighted by Crippen LogP contribution is 2.34. The van der Waals surface area contributed by atoms with Gasteiger partial charge >= 0.3 is 0 Å². The first-order chi connectivity index (χ1) is 10.7. The summed E-state index contributed by atoms with van der Waals surface area (Å²) < 4.78 is 6.41. The van der Waals surface area contributed by atoms with Crippen LogP contribution >= 0.6 is 15.9 Å². The Bertz CT molecular complexity index is 641. The number of aryl methyl sites for hydroxylation is 1. The maximum atomic E-state index is 10.0. The van der Waals surface area contributed by atoms with Crippen LogP contribution in [0.2, 0.25) is 0 Å². The second kappa shape index (κ2) is 6.84. The molecule has 1 atom stereocenters. The lowest BCUT2D eigenvalue weighted by Gasteiger charge is -2.23. The third kappa shape index (κ3) is 3.36. The van der Waals surface area contributed by atoms with Crippen molar-refractivity contribution in [3.63, 3.8) is 0 Å². The molecule has 2 heterocycles. The average Bonchev–Trinajstić information content (AvgIpc) is 3.12. The molecule has 0 radical (unpaired) electrons. The molecule has 0 aliphatic carbocycles. The first kappa shape index (κ1) is 15.6. The Kier molecular flexibility index (Phi) is 4.84. The number of benzene rings is 1. The minimum atomic E-state index is 0.285. The van der Waals surface area contributed by atoms with Gasteiger partial charge in [-0.25, -0.2) is 0 Å². The molecule has 0 spiro atoms. The van der Waals surface area contributed by atoms with E-state index in [1.54, 1.807) is 6.07 Å². The predicted molar refractivity (Wildman–Crippen MR) is 88.7 cm³/mol. The van der Waals surface area contributed by atoms with E-state index in [0.717, 1.165) is 60.3 Å². The highest BCUT2D eigenvalue weighted by molar-refractivity contribution is 9.10. The normalized spacial score (nSPS) is 18.9. The number of halogens is 1. The zero-order valence-corrected chi connectivity index (χ0v) is 14.3. The lowest BCUT2D eigenvalue weighted by atomic mass is 10.1. The van der Waals surface area contributed by atoms with Crippen molar-refractivity contribution in [3.8, 4) is 5.75 Å². The van der Waals surface area contributed by atoms with Crippen LogP contribution in [0, 0.1) is 0 Å². The van der Waals surface area contributed by atoms with E-state index < -0.39 is 0 Å². The zero-order chi connectivity index (χ0) is 15.5. The fourth-order valence-corrected chi connectivity index (χ4v) is 3.51. The minimum absolute atomic E-state index is 0.285. The Balaban J connectivity index is 1.76. The highest BCUT2D eigenvalue weighted by Gasteiger charge is 2.29. The van der Waals surface area contributed by atoms with Crippen LogP contribution in [0.4, 0.5) is 0 Å². The molecule has 5 heteroatoms. The Labute approximate surface area is 139 Å². The number of hydrogen-bond donors (Lipinski definition) is 1. The summed E-state index contributed by atoms with van der Waals surface area (Å²) in [5.41, 5.74) is 1.97. The number of nitrogens with zero attached hydrogens (tertiary/aromatic N) is 2. The highest BCUT2D eigenvalue weighted by atomic mass is 79.9. The van der Waals surface area contributed by atoms with Crippen molar-refractivity contribution in [1.82, 2.24) is 10.1 Å². The van der Waals surface area contributed by atoms with Crippen LogP contribution in [0.25, 0.3) is 0 Å². The van der Waals surface area contributed by atoms with Crippen molar-refractivity contribution in [2.75, 3.05) is 6.54 Å². The quantitative estimate of drug-likeness (QED) is 0.852. The van der Waals surface area contributed by atoms with E-state index in [1.807, 2.05) is 12.1 Å². The van der Waals surface area contributed by atoms with E-state index >= 15 is 0 Å². The molecule has 1 aromatic heterocycles. The summed E-state index contributed by atoms with van der Waals surface area (Å²) in [6.45, 7) is 3.89. The number of rotatable bonds is 5. The topological polar surface area (TPSA) is 49.5 Å². The maximum Gasteiger partial charge on any atom is 0.137 e. The molecule has 22 heavy (non-hydrogen) atoms. The average molecular weight is 365 g/mol. The largest absolute Gasteiger partial charge is 0.508 e. The number of likely N-dealkylation sites (tertiary alicyclic amines) is 1. The van der Waals surface area contributed by atoms with Crippen molar-refractivity contribution in [1.29, 1.82) is 0 Å². The summed E-state index contributed by atoms with van der Waals surface area (Å²) in [4.78, 5) is 2.37. The van der Waals surface area contributed by atoms with Crippen LogP contribution in [0.1, 0.15) is 49.2 Å². The smallest absolute Gasteiger partial charge is 0.137 e. The van der Waals surface area contributed by atoms with Gasteiger partial charge in [-0.2, -0.15) is 0 Å². The van der Waals surface area contributed by atoms with E-state index in [9.17, 15) is 5.11 Å². The Morgan fingerprint density at radius 1 is 1.41 bits per heavy atom. The summed E-state index contributed by atoms with van der Waals surface area (Å²) in [6.07, 6.45) is 4.24. The van der Waals surface area contributed by atoms with E-state index in [0.29, 0.717) is 5.75 Å². The van der Waals surface area contributed by atoms with Gasteiger partial charge in [0.15, 0.2) is 0 Å². The molecule has 1 fully saturated rings. The van der Waals surface area contributed by atoms with Crippen LogP contribution in [0.3, 0.4) is 0 Å². The Hall–Kier alpha value is -1.33. The molecule has 1 unspecified atom stereocenters. The van der Waals surface area contributed by atoms with Gasteiger partial charge in [0, 0.05) is 29.1 Å². The minimum Gasteiger partial charge on any atom is -0.508 e. The van der Waals surface area contributed by atoms with Crippen LogP contribution in [-0.4, -0.2) is 21.7 Å². The van der Waals surface area contributed by atoms with Crippen LogP contribution in [0.15, 0.2) is 33.3 Å². The fraction of sp³-hybridized carbons (Fsp3) is 0.471. The molecule has 1 aliphatic rings. The Morgan fingerprint density at radius 2 is 2.27 bits per heavy atom. The van der Waals surface area contributed by atoms with Gasteiger partial charge in [-0.1, -0.05) is 28.0 Å². The SMILES string of the molecule is CCCc1cc(C2CCCN2Cc2cc(Br)ccc2O)no1. The molecule has 4 nitrogen and oxygen atoms in total. The van der Waals surface area contributed by atoms with Crippen molar-refractivity contribution >= 4 is 15.9 Å². The van der Waals surface area contributed by atoms with Crippen molar-refractivity contribution in [3.05, 3.63) is 45.8 Å². The molecule has 118 valence electrons. The first-order valence-electron chi connectivity index (χ1n) is 7.84. The van der Waals surface area contributed by atoms with Crippen LogP contribution in [-0.2, 0) is 13.0 Å². The molecule has 0 bridgehead atoms. The van der Waals surface area contributed by atoms with Crippen molar-refractivity contribution in [2.24, 2.45) is 0 Å². The standard InChI is InChI=1S/C17H21BrN2O2/c1-2-4-14-10-15(19-22-14)16-5-3-8-20(16)11-12-9-13(18)6-7-17(12)21/h6-7,9-10,16,21H,2-5,8,11H2,1H3. The summed E-state index contributed by atoms with van der Waals surface area (Å²) in [6, 6.07) is 7.95. The van der Waals surface area contributed by atoms with E-state index in [2.05, 4.69) is 39.0 Å². The van der Waals surface area contributed by atoms with Gasteiger partial charge in [-0.3, -0.25) is 4.90 Å². The molecule has 0 amide bonds. The van der Waals surface area contributed by atoms with Gasteiger partial charge in [0.1, 0.15) is 17.2 Å². The van der Waals surface area contributed by atoms with Gasteiger partial charge in [-0.05, 0) is 44.0 Å². The summed E-state index contributed by atoms with van der Waals surface area (Å²) in [5.74, 6) is 1.32. The molecule has 1 N–H and O–H groups in total. The second-order valence-electron chi connectivity index (χ2n) is 5.87. The number of hydrogen-bond acceptors (Lipinski definition) is 4. The molecular weight excluding hydrogens is 344 g/mol. The summed E-state index contributed by atoms with van der Waals surface area (Å²) in [7, 11) is 0. The Morgan fingerprint density at radius 3 is 3.09 bits per heavy atom. The van der Waals surface area contributed by atoms with Crippen LogP contribution in [0.5, 0.6) is 5.75 Å². The first-order valence-corrected chi connectivity index (χ1v) is 8.63. The molecule has 0 saturated carbocycles. The number of aromatic hydroxyl groups is 1. The van der Waals surface area contributed by atoms with Gasteiger partial charge in [0.2, 0.25) is 0 Å². The number of phenolic OH excluding ortho intramolecular Hbond substituents is 1. The maximum absolute atomic E-state index is 10.0. The van der Waals surface area contributed by atoms with E-state index in [-0.39, 0.29) is 6.04 Å². The van der Waals surface area contributed by atoms with E-state index in [4.69, 9.17) is 4.52 Å². The lowest BCUT2D eigenvalue weighted by Crippen LogP contribution is -2.23. The van der Waals surface area contributed by atoms with Crippen molar-refractivity contribution in [2.45, 2.75) is 45.2 Å². The second-order valence-corrected chi connectivity index (χ2v) is 6.79. The fourth-order valence-electron chi connectivity index (χ4n) is 3.10. The lowest BCUT2D eigenvalue weighted by molar-refractivity contribution is 0.233. The summed E-state index contributed by atoms with van der Waals surface area (Å²) >= 11 is 3.47. The van der Waals surface area contributed by atoms with E-state index in [1.165, 1.54) is 0 Å². The predicted octanol–water partition coefficient (Wildman–Crippen LogP) is 4.43. The zero-order valence-electron chi connectivity index (χ0n) is 12.8. The third-order valence-electron chi connectivity index (χ3n) is 4.19. The van der Waals surface area contributed by atoms with Crippen molar-refractivity contribution < 1.29 is 9.63 Å². The molecular formula is C17H21BrN2O2. The number of aromatic nitrogens is 1. The summed E-state index contributed by atoms with van der Waals surface area (Å²) in [5, 5.41) is 14.3. The molecule has 1 aliphatic heterocycles.